The third-order valence-electron chi connectivity index (χ3n) is 2.27. The second-order valence-electron chi connectivity index (χ2n) is 3.77. The van der Waals surface area contributed by atoms with Gasteiger partial charge in [-0.15, -0.1) is 0 Å². The Balaban J connectivity index is 2.49. The van der Waals surface area contributed by atoms with Crippen LogP contribution in [0, 0.1) is 5.82 Å². The molecule has 0 amide bonds. The fourth-order valence-corrected chi connectivity index (χ4v) is 3.23. The topological polar surface area (TPSA) is 92.4 Å². The molecule has 4 N–H and O–H groups in total. The number of nitrogen functional groups attached to an aromatic ring is 1. The molecule has 0 aliphatic rings. The summed E-state index contributed by atoms with van der Waals surface area (Å²) in [5.74, 6) is 0.617. The van der Waals surface area contributed by atoms with Gasteiger partial charge < -0.3 is 10.8 Å². The Bertz CT molecular complexity index is 509. The zero-order valence-electron chi connectivity index (χ0n) is 10.3. The second kappa shape index (κ2) is 7.68. The van der Waals surface area contributed by atoms with Crippen molar-refractivity contribution in [1.29, 1.82) is 0 Å². The van der Waals surface area contributed by atoms with Gasteiger partial charge in [-0.05, 0) is 30.4 Å². The first-order valence-corrected chi connectivity index (χ1v) is 8.34. The van der Waals surface area contributed by atoms with Crippen molar-refractivity contribution in [2.45, 2.75) is 11.3 Å². The third kappa shape index (κ3) is 5.35. The summed E-state index contributed by atoms with van der Waals surface area (Å²) < 4.78 is 39.2. The maximum absolute atomic E-state index is 13.2. The van der Waals surface area contributed by atoms with E-state index in [1.807, 2.05) is 0 Å². The molecular weight excluding hydrogens is 291 g/mol. The van der Waals surface area contributed by atoms with Crippen molar-refractivity contribution in [3.8, 4) is 0 Å². The van der Waals surface area contributed by atoms with E-state index in [2.05, 4.69) is 4.72 Å². The maximum Gasteiger partial charge on any atom is 0.240 e. The molecule has 0 spiro atoms. The van der Waals surface area contributed by atoms with Gasteiger partial charge in [0.15, 0.2) is 0 Å². The zero-order chi connectivity index (χ0) is 14.3. The van der Waals surface area contributed by atoms with Crippen molar-refractivity contribution in [3.05, 3.63) is 24.0 Å². The van der Waals surface area contributed by atoms with Gasteiger partial charge in [-0.1, -0.05) is 0 Å². The summed E-state index contributed by atoms with van der Waals surface area (Å²) in [6.07, 6.45) is 0.681. The highest BCUT2D eigenvalue weighted by Crippen LogP contribution is 2.16. The molecule has 0 bridgehead atoms. The molecule has 0 fully saturated rings. The number of anilines is 1. The number of halogens is 1. The van der Waals surface area contributed by atoms with E-state index in [1.54, 1.807) is 0 Å². The van der Waals surface area contributed by atoms with Crippen molar-refractivity contribution < 1.29 is 17.9 Å². The number of sulfonamides is 1. The maximum atomic E-state index is 13.2. The largest absolute Gasteiger partial charge is 0.396 e. The molecule has 0 atom stereocenters. The predicted molar refractivity (Wildman–Crippen MR) is 75.0 cm³/mol. The fraction of sp³-hybridized carbons (Fsp3) is 0.455. The van der Waals surface area contributed by atoms with Crippen LogP contribution in [0.3, 0.4) is 0 Å². The fourth-order valence-electron chi connectivity index (χ4n) is 1.28. The molecule has 8 heteroatoms. The molecule has 0 aliphatic heterocycles. The monoisotopic (exact) mass is 308 g/mol. The van der Waals surface area contributed by atoms with Crippen molar-refractivity contribution >= 4 is 27.5 Å². The highest BCUT2D eigenvalue weighted by Gasteiger charge is 2.14. The number of aliphatic hydroxyl groups is 1. The lowest BCUT2D eigenvalue weighted by Crippen LogP contribution is -2.26. The van der Waals surface area contributed by atoms with Gasteiger partial charge >= 0.3 is 0 Å². The van der Waals surface area contributed by atoms with Crippen molar-refractivity contribution in [2.24, 2.45) is 0 Å². The SMILES string of the molecule is Nc1ccc(S(=O)(=O)NCCSCCCO)cc1F. The molecule has 0 unspecified atom stereocenters. The summed E-state index contributed by atoms with van der Waals surface area (Å²) in [7, 11) is -3.70. The summed E-state index contributed by atoms with van der Waals surface area (Å²) in [6.45, 7) is 0.383. The Morgan fingerprint density at radius 1 is 1.37 bits per heavy atom. The Morgan fingerprint density at radius 2 is 2.11 bits per heavy atom. The van der Waals surface area contributed by atoms with E-state index in [1.165, 1.54) is 23.9 Å². The number of thioether (sulfide) groups is 1. The molecule has 1 aromatic rings. The minimum atomic E-state index is -3.70. The van der Waals surface area contributed by atoms with Gasteiger partial charge in [0.25, 0.3) is 0 Å². The Kier molecular flexibility index (Phi) is 6.56. The van der Waals surface area contributed by atoms with Crippen LogP contribution < -0.4 is 10.5 Å². The first-order chi connectivity index (χ1) is 8.97. The lowest BCUT2D eigenvalue weighted by atomic mass is 10.3. The quantitative estimate of drug-likeness (QED) is 0.488. The van der Waals surface area contributed by atoms with Crippen molar-refractivity contribution in [3.63, 3.8) is 0 Å². The van der Waals surface area contributed by atoms with Crippen molar-refractivity contribution in [2.75, 3.05) is 30.4 Å². The van der Waals surface area contributed by atoms with Gasteiger partial charge in [0.1, 0.15) is 5.82 Å². The van der Waals surface area contributed by atoms with E-state index in [9.17, 15) is 12.8 Å². The second-order valence-corrected chi connectivity index (χ2v) is 6.76. The van der Waals surface area contributed by atoms with Crippen LogP contribution in [0.2, 0.25) is 0 Å². The van der Waals surface area contributed by atoms with Crippen molar-refractivity contribution in [1.82, 2.24) is 4.72 Å². The van der Waals surface area contributed by atoms with Gasteiger partial charge in [0.05, 0.1) is 10.6 Å². The Hall–Kier alpha value is -0.830. The first kappa shape index (κ1) is 16.2. The third-order valence-corrected chi connectivity index (χ3v) is 4.80. The summed E-state index contributed by atoms with van der Waals surface area (Å²) >= 11 is 1.54. The molecular formula is C11H17FN2O3S2. The number of hydrogen-bond acceptors (Lipinski definition) is 5. The number of aliphatic hydroxyl groups excluding tert-OH is 1. The van der Waals surface area contributed by atoms with E-state index in [0.717, 1.165) is 11.8 Å². The van der Waals surface area contributed by atoms with Crippen LogP contribution in [0.5, 0.6) is 0 Å². The molecule has 0 aromatic heterocycles. The van der Waals surface area contributed by atoms with Crippen LogP contribution in [-0.2, 0) is 10.0 Å². The number of rotatable bonds is 8. The van der Waals surface area contributed by atoms with E-state index < -0.39 is 15.8 Å². The van der Waals surface area contributed by atoms with E-state index in [0.29, 0.717) is 12.2 Å². The average Bonchev–Trinajstić information content (AvgIpc) is 2.36. The molecule has 0 aliphatic carbocycles. The van der Waals surface area contributed by atoms with Crippen LogP contribution in [-0.4, -0.2) is 38.2 Å². The van der Waals surface area contributed by atoms with Crippen LogP contribution in [0.4, 0.5) is 10.1 Å². The zero-order valence-corrected chi connectivity index (χ0v) is 11.9. The van der Waals surface area contributed by atoms with Crippen LogP contribution in [0.15, 0.2) is 23.1 Å². The lowest BCUT2D eigenvalue weighted by Gasteiger charge is -2.07. The number of nitrogens with two attached hydrogens (primary N) is 1. The van der Waals surface area contributed by atoms with Gasteiger partial charge in [-0.2, -0.15) is 11.8 Å². The molecule has 108 valence electrons. The standard InChI is InChI=1S/C11H17FN2O3S2/c12-10-8-9(2-3-11(10)13)19(16,17)14-4-7-18-6-1-5-15/h2-3,8,14-15H,1,4-7,13H2. The highest BCUT2D eigenvalue weighted by atomic mass is 32.2. The molecule has 0 radical (unpaired) electrons. The van der Waals surface area contributed by atoms with Gasteiger partial charge in [0.2, 0.25) is 10.0 Å². The highest BCUT2D eigenvalue weighted by molar-refractivity contribution is 7.99. The van der Waals surface area contributed by atoms with Crippen LogP contribution >= 0.6 is 11.8 Å². The summed E-state index contributed by atoms with van der Waals surface area (Å²) in [5, 5.41) is 8.58. The Morgan fingerprint density at radius 3 is 2.74 bits per heavy atom. The lowest BCUT2D eigenvalue weighted by molar-refractivity contribution is 0.296. The molecule has 5 nitrogen and oxygen atoms in total. The van der Waals surface area contributed by atoms with Gasteiger partial charge in [-0.3, -0.25) is 0 Å². The molecule has 1 rings (SSSR count). The number of benzene rings is 1. The molecule has 0 heterocycles. The number of hydrogen-bond donors (Lipinski definition) is 3. The molecule has 1 aromatic carbocycles. The molecule has 0 saturated heterocycles. The van der Waals surface area contributed by atoms with E-state index in [4.69, 9.17) is 10.8 Å². The smallest absolute Gasteiger partial charge is 0.240 e. The number of nitrogens with one attached hydrogen (secondary N) is 1. The molecule has 19 heavy (non-hydrogen) atoms. The van der Waals surface area contributed by atoms with Gasteiger partial charge in [0, 0.05) is 18.9 Å². The predicted octanol–water partition coefficient (Wildman–Crippen LogP) is 0.802. The summed E-state index contributed by atoms with van der Waals surface area (Å²) in [4.78, 5) is -0.139. The van der Waals surface area contributed by atoms with E-state index in [-0.39, 0.29) is 23.7 Å². The summed E-state index contributed by atoms with van der Waals surface area (Å²) in [6, 6.07) is 3.39. The minimum absolute atomic E-state index is 0.0847. The normalized spacial score (nSPS) is 11.7. The van der Waals surface area contributed by atoms with Crippen LogP contribution in [0.1, 0.15) is 6.42 Å². The van der Waals surface area contributed by atoms with Crippen LogP contribution in [0.25, 0.3) is 0 Å². The Labute approximate surface area is 116 Å². The van der Waals surface area contributed by atoms with Gasteiger partial charge in [-0.25, -0.2) is 17.5 Å². The molecule has 0 saturated carbocycles. The minimum Gasteiger partial charge on any atom is -0.396 e. The summed E-state index contributed by atoms with van der Waals surface area (Å²) in [5.41, 5.74) is 5.20. The van der Waals surface area contributed by atoms with E-state index >= 15 is 0 Å². The average molecular weight is 308 g/mol. The first-order valence-electron chi connectivity index (χ1n) is 5.70.